The van der Waals surface area contributed by atoms with Crippen LogP contribution in [0.5, 0.6) is 0 Å². The molecule has 0 saturated heterocycles. The van der Waals surface area contributed by atoms with Crippen molar-refractivity contribution in [2.45, 2.75) is 30.6 Å². The number of anilines is 1. The van der Waals surface area contributed by atoms with Crippen molar-refractivity contribution in [2.75, 3.05) is 4.72 Å². The van der Waals surface area contributed by atoms with Gasteiger partial charge in [0.1, 0.15) is 0 Å². The molecule has 25 heavy (non-hydrogen) atoms. The molecule has 0 spiro atoms. The second kappa shape index (κ2) is 6.00. The molecule has 0 fully saturated rings. The van der Waals surface area contributed by atoms with Crippen molar-refractivity contribution in [3.63, 3.8) is 0 Å². The SMILES string of the molecule is O=c1[nH]ncc2ccc(NS(=O)(=O)c3ccc4c(c3)CCCC4)cc12. The average molecular weight is 355 g/mol. The number of hydrogen-bond acceptors (Lipinski definition) is 4. The van der Waals surface area contributed by atoms with E-state index in [1.807, 2.05) is 6.07 Å². The highest BCUT2D eigenvalue weighted by Crippen LogP contribution is 2.25. The van der Waals surface area contributed by atoms with E-state index in [-0.39, 0.29) is 10.5 Å². The summed E-state index contributed by atoms with van der Waals surface area (Å²) in [6.07, 6.45) is 5.68. The fourth-order valence-electron chi connectivity index (χ4n) is 3.24. The highest BCUT2D eigenvalue weighted by atomic mass is 32.2. The molecule has 1 aliphatic carbocycles. The van der Waals surface area contributed by atoms with Crippen LogP contribution in [0.25, 0.3) is 10.8 Å². The van der Waals surface area contributed by atoms with Crippen LogP contribution in [0.4, 0.5) is 5.69 Å². The van der Waals surface area contributed by atoms with E-state index in [1.165, 1.54) is 17.8 Å². The zero-order valence-electron chi connectivity index (χ0n) is 13.5. The molecule has 0 radical (unpaired) electrons. The average Bonchev–Trinajstić information content (AvgIpc) is 2.62. The summed E-state index contributed by atoms with van der Waals surface area (Å²) in [7, 11) is -3.71. The number of H-pyrrole nitrogens is 1. The predicted molar refractivity (Wildman–Crippen MR) is 96.3 cm³/mol. The third kappa shape index (κ3) is 3.02. The van der Waals surface area contributed by atoms with Gasteiger partial charge in [0, 0.05) is 11.1 Å². The van der Waals surface area contributed by atoms with E-state index in [1.54, 1.807) is 24.3 Å². The Morgan fingerprint density at radius 1 is 1.00 bits per heavy atom. The van der Waals surface area contributed by atoms with Gasteiger partial charge in [0.2, 0.25) is 0 Å². The minimum atomic E-state index is -3.71. The molecule has 0 saturated carbocycles. The molecule has 6 nitrogen and oxygen atoms in total. The summed E-state index contributed by atoms with van der Waals surface area (Å²) >= 11 is 0. The lowest BCUT2D eigenvalue weighted by atomic mass is 9.92. The van der Waals surface area contributed by atoms with Crippen molar-refractivity contribution in [3.8, 4) is 0 Å². The second-order valence-electron chi connectivity index (χ2n) is 6.24. The van der Waals surface area contributed by atoms with Gasteiger partial charge in [-0.05, 0) is 61.1 Å². The van der Waals surface area contributed by atoms with Crippen molar-refractivity contribution >= 4 is 26.5 Å². The summed E-state index contributed by atoms with van der Waals surface area (Å²) in [5.74, 6) is 0. The molecule has 0 unspecified atom stereocenters. The van der Waals surface area contributed by atoms with Crippen LogP contribution in [0.2, 0.25) is 0 Å². The lowest BCUT2D eigenvalue weighted by Gasteiger charge is -2.17. The fourth-order valence-corrected chi connectivity index (χ4v) is 4.34. The van der Waals surface area contributed by atoms with E-state index in [0.29, 0.717) is 16.5 Å². The molecular weight excluding hydrogens is 338 g/mol. The Kier molecular flexibility index (Phi) is 3.80. The molecule has 2 N–H and O–H groups in total. The number of fused-ring (bicyclic) bond motifs is 2. The number of aryl methyl sites for hydroxylation is 2. The number of aromatic nitrogens is 2. The molecule has 4 rings (SSSR count). The van der Waals surface area contributed by atoms with Crippen LogP contribution in [0.3, 0.4) is 0 Å². The minimum Gasteiger partial charge on any atom is -0.280 e. The largest absolute Gasteiger partial charge is 0.280 e. The molecule has 1 aliphatic rings. The smallest absolute Gasteiger partial charge is 0.272 e. The molecule has 2 aromatic carbocycles. The molecule has 0 atom stereocenters. The first kappa shape index (κ1) is 15.8. The van der Waals surface area contributed by atoms with Crippen LogP contribution in [-0.2, 0) is 22.9 Å². The molecule has 0 aliphatic heterocycles. The summed E-state index contributed by atoms with van der Waals surface area (Å²) in [4.78, 5) is 12.1. The van der Waals surface area contributed by atoms with E-state index < -0.39 is 10.0 Å². The summed E-state index contributed by atoms with van der Waals surface area (Å²) in [5.41, 5.74) is 2.33. The third-order valence-corrected chi connectivity index (χ3v) is 5.93. The lowest BCUT2D eigenvalue weighted by Crippen LogP contribution is -2.15. The van der Waals surface area contributed by atoms with Crippen molar-refractivity contribution < 1.29 is 8.42 Å². The summed E-state index contributed by atoms with van der Waals surface area (Å²) < 4.78 is 28.0. The van der Waals surface area contributed by atoms with Crippen LogP contribution in [-0.4, -0.2) is 18.6 Å². The van der Waals surface area contributed by atoms with Gasteiger partial charge in [0.05, 0.1) is 16.5 Å². The zero-order chi connectivity index (χ0) is 17.4. The predicted octanol–water partition coefficient (Wildman–Crippen LogP) is 2.60. The van der Waals surface area contributed by atoms with E-state index >= 15 is 0 Å². The Morgan fingerprint density at radius 3 is 2.64 bits per heavy atom. The normalized spacial score (nSPS) is 14.2. The summed E-state index contributed by atoms with van der Waals surface area (Å²) in [6, 6.07) is 10.1. The third-order valence-electron chi connectivity index (χ3n) is 4.55. The molecule has 128 valence electrons. The number of nitrogens with zero attached hydrogens (tertiary/aromatic N) is 1. The highest BCUT2D eigenvalue weighted by Gasteiger charge is 2.18. The van der Waals surface area contributed by atoms with Crippen molar-refractivity contribution in [3.05, 3.63) is 64.1 Å². The Balaban J connectivity index is 1.70. The summed E-state index contributed by atoms with van der Waals surface area (Å²) in [6.45, 7) is 0. The van der Waals surface area contributed by atoms with Crippen molar-refractivity contribution in [2.24, 2.45) is 0 Å². The monoisotopic (exact) mass is 355 g/mol. The summed E-state index contributed by atoms with van der Waals surface area (Å²) in [5, 5.41) is 7.12. The van der Waals surface area contributed by atoms with Crippen LogP contribution in [0, 0.1) is 0 Å². The lowest BCUT2D eigenvalue weighted by molar-refractivity contribution is 0.600. The molecule has 0 bridgehead atoms. The molecular formula is C18H17N3O3S. The molecule has 7 heteroatoms. The van der Waals surface area contributed by atoms with E-state index in [0.717, 1.165) is 31.2 Å². The van der Waals surface area contributed by atoms with Gasteiger partial charge in [-0.25, -0.2) is 13.5 Å². The minimum absolute atomic E-state index is 0.247. The molecule has 1 heterocycles. The van der Waals surface area contributed by atoms with Gasteiger partial charge in [-0.2, -0.15) is 5.10 Å². The van der Waals surface area contributed by atoms with Gasteiger partial charge < -0.3 is 0 Å². The van der Waals surface area contributed by atoms with Crippen molar-refractivity contribution in [1.82, 2.24) is 10.2 Å². The number of sulfonamides is 1. The van der Waals surface area contributed by atoms with Crippen LogP contribution in [0.1, 0.15) is 24.0 Å². The first-order valence-corrected chi connectivity index (χ1v) is 9.63. The molecule has 0 amide bonds. The fraction of sp³-hybridized carbons (Fsp3) is 0.222. The Hall–Kier alpha value is -2.67. The van der Waals surface area contributed by atoms with Gasteiger partial charge >= 0.3 is 0 Å². The van der Waals surface area contributed by atoms with Gasteiger partial charge in [-0.3, -0.25) is 9.52 Å². The Morgan fingerprint density at radius 2 is 1.80 bits per heavy atom. The first-order chi connectivity index (χ1) is 12.0. The number of nitrogens with one attached hydrogen (secondary N) is 2. The zero-order valence-corrected chi connectivity index (χ0v) is 14.3. The van der Waals surface area contributed by atoms with Crippen LogP contribution in [0.15, 0.2) is 52.3 Å². The number of aromatic amines is 1. The van der Waals surface area contributed by atoms with Crippen molar-refractivity contribution in [1.29, 1.82) is 0 Å². The maximum atomic E-state index is 12.7. The van der Waals surface area contributed by atoms with Gasteiger partial charge in [-0.15, -0.1) is 0 Å². The number of rotatable bonds is 3. The van der Waals surface area contributed by atoms with Gasteiger partial charge in [0.15, 0.2) is 0 Å². The number of hydrogen-bond donors (Lipinski definition) is 2. The molecule has 1 aromatic heterocycles. The van der Waals surface area contributed by atoms with Gasteiger partial charge in [0.25, 0.3) is 15.6 Å². The van der Waals surface area contributed by atoms with Gasteiger partial charge in [-0.1, -0.05) is 12.1 Å². The van der Waals surface area contributed by atoms with E-state index in [2.05, 4.69) is 14.9 Å². The van der Waals surface area contributed by atoms with Crippen LogP contribution >= 0.6 is 0 Å². The highest BCUT2D eigenvalue weighted by molar-refractivity contribution is 7.92. The standard InChI is InChI=1S/C18H17N3O3S/c22-18-17-10-15(7-5-14(17)11-19-20-18)21-25(23,24)16-8-6-12-3-1-2-4-13(12)9-16/h5-11,21H,1-4H2,(H,20,22). The molecule has 3 aromatic rings. The van der Waals surface area contributed by atoms with E-state index in [9.17, 15) is 13.2 Å². The van der Waals surface area contributed by atoms with Crippen LogP contribution < -0.4 is 10.3 Å². The maximum Gasteiger partial charge on any atom is 0.272 e. The quantitative estimate of drug-likeness (QED) is 0.755. The Labute approximate surface area is 145 Å². The number of benzene rings is 2. The van der Waals surface area contributed by atoms with E-state index in [4.69, 9.17) is 0 Å². The first-order valence-electron chi connectivity index (χ1n) is 8.15. The second-order valence-corrected chi connectivity index (χ2v) is 7.93. The maximum absolute atomic E-state index is 12.7. The topological polar surface area (TPSA) is 91.9 Å². The Bertz CT molecular complexity index is 1120.